The van der Waals surface area contributed by atoms with Gasteiger partial charge in [0.25, 0.3) is 0 Å². The molecule has 1 aliphatic heterocycles. The van der Waals surface area contributed by atoms with Gasteiger partial charge < -0.3 is 24.1 Å². The molecular weight excluding hydrogens is 352 g/mol. The molecule has 3 rings (SSSR count). The number of ether oxygens (including phenoxy) is 4. The number of rotatable bonds is 4. The zero-order valence-corrected chi connectivity index (χ0v) is 15.2. The quantitative estimate of drug-likeness (QED) is 0.501. The van der Waals surface area contributed by atoms with Gasteiger partial charge >= 0.3 is 11.9 Å². The van der Waals surface area contributed by atoms with E-state index in [0.29, 0.717) is 0 Å². The van der Waals surface area contributed by atoms with E-state index in [1.165, 1.54) is 33.1 Å². The molecule has 7 nitrogen and oxygen atoms in total. The first-order chi connectivity index (χ1) is 12.9. The van der Waals surface area contributed by atoms with E-state index in [4.69, 9.17) is 18.9 Å². The molecule has 0 aromatic heterocycles. The minimum absolute atomic E-state index is 0.0214. The van der Waals surface area contributed by atoms with E-state index < -0.39 is 23.6 Å². The molecule has 1 N–H and O–H groups in total. The summed E-state index contributed by atoms with van der Waals surface area (Å²) in [6.45, 7) is 2.52. The van der Waals surface area contributed by atoms with E-state index in [-0.39, 0.29) is 29.4 Å². The van der Waals surface area contributed by atoms with E-state index in [0.717, 1.165) is 5.56 Å². The molecule has 2 aromatic carbocycles. The van der Waals surface area contributed by atoms with Crippen molar-refractivity contribution < 1.29 is 33.6 Å². The second-order valence-corrected chi connectivity index (χ2v) is 6.13. The number of esters is 2. The number of carbonyl (C=O) groups excluding carboxylic acids is 2. The highest BCUT2D eigenvalue weighted by molar-refractivity contribution is 5.76. The van der Waals surface area contributed by atoms with Gasteiger partial charge in [-0.2, -0.15) is 0 Å². The Morgan fingerprint density at radius 1 is 1.07 bits per heavy atom. The molecule has 27 heavy (non-hydrogen) atoms. The van der Waals surface area contributed by atoms with Crippen molar-refractivity contribution in [2.24, 2.45) is 0 Å². The second-order valence-electron chi connectivity index (χ2n) is 6.13. The monoisotopic (exact) mass is 372 g/mol. The van der Waals surface area contributed by atoms with Gasteiger partial charge in [-0.15, -0.1) is 0 Å². The van der Waals surface area contributed by atoms with Gasteiger partial charge in [-0.25, -0.2) is 0 Å². The molecule has 0 aliphatic carbocycles. The first-order valence-electron chi connectivity index (χ1n) is 8.36. The molecule has 2 aromatic rings. The van der Waals surface area contributed by atoms with Crippen LogP contribution in [-0.2, 0) is 20.1 Å². The standard InChI is InChI=1S/C20H20O7/c1-12(21)26-17-10-9-15-18(19(17)27-13(2)22)25-11-16(20(15,23)24-3)14-7-5-4-6-8-14/h4-10,16,23H,11H2,1-3H3/t16-,20-/m0/s1. The predicted octanol–water partition coefficient (Wildman–Crippen LogP) is 2.50. The normalized spacial score (nSPS) is 21.0. The average Bonchev–Trinajstić information content (AvgIpc) is 2.64. The number of hydrogen-bond acceptors (Lipinski definition) is 7. The van der Waals surface area contributed by atoms with Crippen molar-refractivity contribution in [3.63, 3.8) is 0 Å². The maximum Gasteiger partial charge on any atom is 0.308 e. The van der Waals surface area contributed by atoms with Crippen LogP contribution in [0.1, 0.15) is 30.9 Å². The van der Waals surface area contributed by atoms with E-state index in [1.807, 2.05) is 30.3 Å². The van der Waals surface area contributed by atoms with Crippen molar-refractivity contribution in [3.8, 4) is 17.2 Å². The summed E-state index contributed by atoms with van der Waals surface area (Å²) in [6, 6.07) is 12.3. The molecule has 7 heteroatoms. The van der Waals surface area contributed by atoms with Crippen LogP contribution in [0.4, 0.5) is 0 Å². The van der Waals surface area contributed by atoms with Gasteiger partial charge in [0.05, 0.1) is 11.5 Å². The number of benzene rings is 2. The summed E-state index contributed by atoms with van der Waals surface area (Å²) in [5.41, 5.74) is 1.10. The van der Waals surface area contributed by atoms with Crippen LogP contribution in [-0.4, -0.2) is 30.8 Å². The third-order valence-electron chi connectivity index (χ3n) is 4.34. The van der Waals surface area contributed by atoms with Crippen molar-refractivity contribution in [3.05, 3.63) is 53.6 Å². The van der Waals surface area contributed by atoms with Crippen molar-refractivity contribution in [2.75, 3.05) is 13.7 Å². The summed E-state index contributed by atoms with van der Waals surface area (Å²) in [5, 5.41) is 11.3. The van der Waals surface area contributed by atoms with E-state index in [2.05, 4.69) is 0 Å². The fourth-order valence-electron chi connectivity index (χ4n) is 3.17. The van der Waals surface area contributed by atoms with Gasteiger partial charge in [0.2, 0.25) is 11.5 Å². The smallest absolute Gasteiger partial charge is 0.308 e. The number of fused-ring (bicyclic) bond motifs is 1. The minimum Gasteiger partial charge on any atom is -0.488 e. The fraction of sp³-hybridized carbons (Fsp3) is 0.300. The second kappa shape index (κ2) is 7.38. The molecule has 0 saturated carbocycles. The summed E-state index contributed by atoms with van der Waals surface area (Å²) >= 11 is 0. The highest BCUT2D eigenvalue weighted by Gasteiger charge is 2.47. The molecule has 142 valence electrons. The lowest BCUT2D eigenvalue weighted by Crippen LogP contribution is -2.42. The molecule has 0 bridgehead atoms. The van der Waals surface area contributed by atoms with Crippen LogP contribution in [0.15, 0.2) is 42.5 Å². The molecule has 2 atom stereocenters. The Morgan fingerprint density at radius 2 is 1.74 bits per heavy atom. The lowest BCUT2D eigenvalue weighted by Gasteiger charge is -2.40. The molecule has 0 unspecified atom stereocenters. The van der Waals surface area contributed by atoms with Crippen LogP contribution < -0.4 is 14.2 Å². The Balaban J connectivity index is 2.14. The average molecular weight is 372 g/mol. The van der Waals surface area contributed by atoms with Gasteiger partial charge in [0, 0.05) is 21.0 Å². The van der Waals surface area contributed by atoms with Crippen LogP contribution >= 0.6 is 0 Å². The van der Waals surface area contributed by atoms with Crippen LogP contribution in [0, 0.1) is 0 Å². The third-order valence-corrected chi connectivity index (χ3v) is 4.34. The zero-order valence-electron chi connectivity index (χ0n) is 15.2. The number of methoxy groups -OCH3 is 1. The maximum atomic E-state index is 11.5. The summed E-state index contributed by atoms with van der Waals surface area (Å²) in [7, 11) is 1.39. The zero-order chi connectivity index (χ0) is 19.6. The topological polar surface area (TPSA) is 91.3 Å². The molecule has 0 radical (unpaired) electrons. The molecule has 0 fully saturated rings. The van der Waals surface area contributed by atoms with Crippen molar-refractivity contribution in [1.29, 1.82) is 0 Å². The van der Waals surface area contributed by atoms with Crippen LogP contribution in [0.2, 0.25) is 0 Å². The van der Waals surface area contributed by atoms with Crippen LogP contribution in [0.5, 0.6) is 17.2 Å². The Morgan fingerprint density at radius 3 is 2.33 bits per heavy atom. The first kappa shape index (κ1) is 18.9. The maximum absolute atomic E-state index is 11.5. The highest BCUT2D eigenvalue weighted by Crippen LogP contribution is 2.52. The Kier molecular flexibility index (Phi) is 5.16. The van der Waals surface area contributed by atoms with Gasteiger partial charge in [0.15, 0.2) is 11.5 Å². The first-order valence-corrected chi connectivity index (χ1v) is 8.36. The molecule has 0 spiro atoms. The Labute approximate surface area is 156 Å². The third kappa shape index (κ3) is 3.51. The molecule has 1 heterocycles. The summed E-state index contributed by atoms with van der Waals surface area (Å²) in [5.74, 6) is -3.39. The Bertz CT molecular complexity index is 862. The fourth-order valence-corrected chi connectivity index (χ4v) is 3.17. The van der Waals surface area contributed by atoms with Crippen molar-refractivity contribution >= 4 is 11.9 Å². The number of aliphatic hydroxyl groups is 1. The SMILES string of the molecule is CO[C@@]1(O)c2ccc(OC(C)=O)c(OC(C)=O)c2OC[C@H]1c1ccccc1. The summed E-state index contributed by atoms with van der Waals surface area (Å²) in [4.78, 5) is 22.9. The molecule has 0 saturated heterocycles. The summed E-state index contributed by atoms with van der Waals surface area (Å²) in [6.07, 6.45) is 0. The Hall–Kier alpha value is -2.90. The van der Waals surface area contributed by atoms with Gasteiger partial charge in [-0.05, 0) is 17.7 Å². The highest BCUT2D eigenvalue weighted by atomic mass is 16.6. The van der Waals surface area contributed by atoms with Gasteiger partial charge in [-0.3, -0.25) is 9.59 Å². The lowest BCUT2D eigenvalue weighted by molar-refractivity contribution is -0.224. The molecular formula is C20H20O7. The number of hydrogen-bond donors (Lipinski definition) is 1. The van der Waals surface area contributed by atoms with E-state index >= 15 is 0 Å². The van der Waals surface area contributed by atoms with Crippen LogP contribution in [0.25, 0.3) is 0 Å². The molecule has 0 amide bonds. The van der Waals surface area contributed by atoms with Gasteiger partial charge in [0.1, 0.15) is 6.61 Å². The largest absolute Gasteiger partial charge is 0.488 e. The van der Waals surface area contributed by atoms with Crippen molar-refractivity contribution in [2.45, 2.75) is 25.6 Å². The van der Waals surface area contributed by atoms with Crippen molar-refractivity contribution in [1.82, 2.24) is 0 Å². The molecule has 1 aliphatic rings. The summed E-state index contributed by atoms with van der Waals surface area (Å²) < 4.78 is 21.6. The number of carbonyl (C=O) groups is 2. The van der Waals surface area contributed by atoms with E-state index in [9.17, 15) is 14.7 Å². The lowest BCUT2D eigenvalue weighted by atomic mass is 9.84. The minimum atomic E-state index is -1.72. The van der Waals surface area contributed by atoms with Crippen LogP contribution in [0.3, 0.4) is 0 Å². The van der Waals surface area contributed by atoms with Gasteiger partial charge in [-0.1, -0.05) is 30.3 Å². The van der Waals surface area contributed by atoms with E-state index in [1.54, 1.807) is 0 Å². The predicted molar refractivity (Wildman–Crippen MR) is 94.6 cm³/mol.